The van der Waals surface area contributed by atoms with E-state index >= 15 is 0 Å². The van der Waals surface area contributed by atoms with Gasteiger partial charge < -0.3 is 15.2 Å². The van der Waals surface area contributed by atoms with Crippen molar-refractivity contribution in [3.8, 4) is 0 Å². The summed E-state index contributed by atoms with van der Waals surface area (Å²) in [6.45, 7) is 7.70. The van der Waals surface area contributed by atoms with E-state index in [0.717, 1.165) is 0 Å². The van der Waals surface area contributed by atoms with Gasteiger partial charge in [0, 0.05) is 19.3 Å². The van der Waals surface area contributed by atoms with Gasteiger partial charge in [-0.25, -0.2) is 9.78 Å². The number of carbonyl (C=O) groups is 1. The number of anilines is 1. The van der Waals surface area contributed by atoms with E-state index in [9.17, 15) is 4.79 Å². The predicted molar refractivity (Wildman–Crippen MR) is 70.1 cm³/mol. The molecule has 0 aromatic carbocycles. The van der Waals surface area contributed by atoms with Crippen LogP contribution in [0.1, 0.15) is 29.8 Å². The fourth-order valence-corrected chi connectivity index (χ4v) is 1.52. The summed E-state index contributed by atoms with van der Waals surface area (Å²) in [7, 11) is 0. The highest BCUT2D eigenvalue weighted by Gasteiger charge is 2.13. The minimum absolute atomic E-state index is 0.223. The maximum atomic E-state index is 11.1. The third-order valence-electron chi connectivity index (χ3n) is 2.36. The molecule has 0 fully saturated rings. The molecule has 0 spiro atoms. The van der Waals surface area contributed by atoms with E-state index in [1.54, 1.807) is 19.2 Å². The second-order valence-corrected chi connectivity index (χ2v) is 4.55. The molecule has 0 aliphatic rings. The molecule has 0 amide bonds. The van der Waals surface area contributed by atoms with E-state index in [1.807, 2.05) is 0 Å². The van der Waals surface area contributed by atoms with Crippen LogP contribution in [0.25, 0.3) is 0 Å². The zero-order chi connectivity index (χ0) is 13.5. The smallest absolute Gasteiger partial charge is 0.339 e. The molecule has 1 aromatic heterocycles. The van der Waals surface area contributed by atoms with E-state index in [0.29, 0.717) is 37.1 Å². The van der Waals surface area contributed by atoms with Gasteiger partial charge in [-0.3, -0.25) is 0 Å². The molecule has 1 aromatic rings. The number of aromatic nitrogens is 1. The normalized spacial score (nSPS) is 10.7. The van der Waals surface area contributed by atoms with Gasteiger partial charge in [0.15, 0.2) is 0 Å². The van der Waals surface area contributed by atoms with Gasteiger partial charge in [0.1, 0.15) is 11.4 Å². The number of hydrogen-bond donors (Lipinski definition) is 2. The van der Waals surface area contributed by atoms with Crippen LogP contribution < -0.4 is 5.32 Å². The quantitative estimate of drug-likeness (QED) is 0.728. The van der Waals surface area contributed by atoms with Crippen molar-refractivity contribution in [2.45, 2.75) is 20.8 Å². The predicted octanol–water partition coefficient (Wildman–Crippen LogP) is 2.17. The largest absolute Gasteiger partial charge is 0.478 e. The van der Waals surface area contributed by atoms with E-state index in [-0.39, 0.29) is 5.56 Å². The summed E-state index contributed by atoms with van der Waals surface area (Å²) in [5.41, 5.74) is 0.921. The number of carboxylic acids is 1. The maximum Gasteiger partial charge on any atom is 0.339 e. The Morgan fingerprint density at radius 3 is 2.89 bits per heavy atom. The van der Waals surface area contributed by atoms with E-state index in [1.165, 1.54) is 0 Å². The first kappa shape index (κ1) is 14.4. The summed E-state index contributed by atoms with van der Waals surface area (Å²) >= 11 is 0. The van der Waals surface area contributed by atoms with Crippen molar-refractivity contribution in [1.82, 2.24) is 4.98 Å². The van der Waals surface area contributed by atoms with Crippen molar-refractivity contribution in [2.24, 2.45) is 5.92 Å². The van der Waals surface area contributed by atoms with Crippen molar-refractivity contribution in [3.63, 3.8) is 0 Å². The van der Waals surface area contributed by atoms with Gasteiger partial charge in [0.25, 0.3) is 0 Å². The highest BCUT2D eigenvalue weighted by molar-refractivity contribution is 5.94. The zero-order valence-electron chi connectivity index (χ0n) is 11.1. The van der Waals surface area contributed by atoms with Crippen molar-refractivity contribution in [3.05, 3.63) is 23.4 Å². The van der Waals surface area contributed by atoms with Gasteiger partial charge in [-0.1, -0.05) is 13.8 Å². The molecule has 100 valence electrons. The zero-order valence-corrected chi connectivity index (χ0v) is 11.1. The van der Waals surface area contributed by atoms with Crippen LogP contribution >= 0.6 is 0 Å². The van der Waals surface area contributed by atoms with Crippen LogP contribution in [0.3, 0.4) is 0 Å². The molecule has 1 rings (SSSR count). The standard InChI is InChI=1S/C13H20N2O3/c1-9(2)8-18-7-6-15-12-11(13(16)17)10(3)4-5-14-12/h4-5,9H,6-8H2,1-3H3,(H,14,15)(H,16,17). The summed E-state index contributed by atoms with van der Waals surface area (Å²) < 4.78 is 5.41. The van der Waals surface area contributed by atoms with Gasteiger partial charge in [0.2, 0.25) is 0 Å². The number of carboxylic acid groups (broad SMARTS) is 1. The molecule has 5 nitrogen and oxygen atoms in total. The number of nitrogens with zero attached hydrogens (tertiary/aromatic N) is 1. The molecular weight excluding hydrogens is 232 g/mol. The lowest BCUT2D eigenvalue weighted by atomic mass is 10.1. The highest BCUT2D eigenvalue weighted by atomic mass is 16.5. The Bertz CT molecular complexity index is 405. The molecule has 0 aliphatic carbocycles. The summed E-state index contributed by atoms with van der Waals surface area (Å²) in [6, 6.07) is 1.68. The molecule has 1 heterocycles. The van der Waals surface area contributed by atoms with Crippen LogP contribution in [0.15, 0.2) is 12.3 Å². The number of aryl methyl sites for hydroxylation is 1. The van der Waals surface area contributed by atoms with E-state index < -0.39 is 5.97 Å². The Morgan fingerprint density at radius 2 is 2.28 bits per heavy atom. The molecule has 0 aliphatic heterocycles. The Morgan fingerprint density at radius 1 is 1.56 bits per heavy atom. The van der Waals surface area contributed by atoms with Crippen molar-refractivity contribution >= 4 is 11.8 Å². The Balaban J connectivity index is 2.52. The second-order valence-electron chi connectivity index (χ2n) is 4.55. The summed E-state index contributed by atoms with van der Waals surface area (Å²) in [5, 5.41) is 12.1. The number of nitrogens with one attached hydrogen (secondary N) is 1. The van der Waals surface area contributed by atoms with Gasteiger partial charge in [-0.2, -0.15) is 0 Å². The fraction of sp³-hybridized carbons (Fsp3) is 0.538. The molecule has 0 atom stereocenters. The summed E-state index contributed by atoms with van der Waals surface area (Å²) in [5.74, 6) is -0.0708. The SMILES string of the molecule is Cc1ccnc(NCCOCC(C)C)c1C(=O)O. The highest BCUT2D eigenvalue weighted by Crippen LogP contribution is 2.16. The number of hydrogen-bond acceptors (Lipinski definition) is 4. The number of rotatable bonds is 7. The molecule has 0 bridgehead atoms. The van der Waals surface area contributed by atoms with Crippen LogP contribution in [-0.4, -0.2) is 35.8 Å². The van der Waals surface area contributed by atoms with Crippen LogP contribution in [0, 0.1) is 12.8 Å². The molecule has 0 radical (unpaired) electrons. The fourth-order valence-electron chi connectivity index (χ4n) is 1.52. The van der Waals surface area contributed by atoms with Crippen LogP contribution in [-0.2, 0) is 4.74 Å². The lowest BCUT2D eigenvalue weighted by Gasteiger charge is -2.11. The molecule has 0 unspecified atom stereocenters. The molecule has 0 saturated carbocycles. The molecule has 18 heavy (non-hydrogen) atoms. The minimum atomic E-state index is -0.966. The average Bonchev–Trinajstić information content (AvgIpc) is 2.27. The first-order valence-electron chi connectivity index (χ1n) is 6.03. The number of ether oxygens (including phenoxy) is 1. The third-order valence-corrected chi connectivity index (χ3v) is 2.36. The van der Waals surface area contributed by atoms with Gasteiger partial charge >= 0.3 is 5.97 Å². The van der Waals surface area contributed by atoms with Gasteiger partial charge in [0.05, 0.1) is 6.61 Å². The van der Waals surface area contributed by atoms with Crippen LogP contribution in [0.2, 0.25) is 0 Å². The molecular formula is C13H20N2O3. The summed E-state index contributed by atoms with van der Waals surface area (Å²) in [4.78, 5) is 15.2. The van der Waals surface area contributed by atoms with Crippen molar-refractivity contribution in [1.29, 1.82) is 0 Å². The number of aromatic carboxylic acids is 1. The lowest BCUT2D eigenvalue weighted by Crippen LogP contribution is -2.15. The Hall–Kier alpha value is -1.62. The van der Waals surface area contributed by atoms with Crippen molar-refractivity contribution < 1.29 is 14.6 Å². The second kappa shape index (κ2) is 6.96. The Kier molecular flexibility index (Phi) is 5.58. The Labute approximate surface area is 107 Å². The lowest BCUT2D eigenvalue weighted by molar-refractivity contribution is 0.0696. The molecule has 5 heteroatoms. The van der Waals surface area contributed by atoms with E-state index in [4.69, 9.17) is 9.84 Å². The first-order chi connectivity index (χ1) is 8.52. The van der Waals surface area contributed by atoms with Crippen LogP contribution in [0.5, 0.6) is 0 Å². The average molecular weight is 252 g/mol. The monoisotopic (exact) mass is 252 g/mol. The summed E-state index contributed by atoms with van der Waals surface area (Å²) in [6.07, 6.45) is 1.60. The first-order valence-corrected chi connectivity index (χ1v) is 6.03. The maximum absolute atomic E-state index is 11.1. The van der Waals surface area contributed by atoms with Crippen molar-refractivity contribution in [2.75, 3.05) is 25.1 Å². The van der Waals surface area contributed by atoms with Crippen LogP contribution in [0.4, 0.5) is 5.82 Å². The van der Waals surface area contributed by atoms with Gasteiger partial charge in [-0.15, -0.1) is 0 Å². The number of pyridine rings is 1. The van der Waals surface area contributed by atoms with E-state index in [2.05, 4.69) is 24.1 Å². The van der Waals surface area contributed by atoms with Gasteiger partial charge in [-0.05, 0) is 24.5 Å². The minimum Gasteiger partial charge on any atom is -0.478 e. The topological polar surface area (TPSA) is 71.5 Å². The third kappa shape index (κ3) is 4.33. The molecule has 0 saturated heterocycles. The molecule has 2 N–H and O–H groups in total.